The van der Waals surface area contributed by atoms with Crippen molar-refractivity contribution in [3.8, 4) is 0 Å². The van der Waals surface area contributed by atoms with Gasteiger partial charge in [-0.15, -0.1) is 0 Å². The summed E-state index contributed by atoms with van der Waals surface area (Å²) in [7, 11) is -1.34. The van der Waals surface area contributed by atoms with Crippen molar-refractivity contribution >= 4 is 13.8 Å². The first-order valence-electron chi connectivity index (χ1n) is 9.17. The lowest BCUT2D eigenvalue weighted by atomic mass is 10.0. The van der Waals surface area contributed by atoms with Crippen molar-refractivity contribution < 1.29 is 23.0 Å². The number of aliphatic hydroxyl groups excluding tert-OH is 1. The Bertz CT molecular complexity index is 689. The monoisotopic (exact) mass is 407 g/mol. The van der Waals surface area contributed by atoms with Gasteiger partial charge in [0.2, 0.25) is 0 Å². The standard InChI is InChI=1S/C17H28F3N3O3Si/c1-27(2,3)9-8-26-12-23-16(25)15(17(18,19)20)14(10-21-23)22-7-5-4-6-13(22)11-24/h10,13,24H,4-9,11-12H2,1-3H3. The summed E-state index contributed by atoms with van der Waals surface area (Å²) in [6.45, 7) is 6.64. The van der Waals surface area contributed by atoms with Crippen molar-refractivity contribution in [2.24, 2.45) is 0 Å². The Morgan fingerprint density at radius 2 is 2.04 bits per heavy atom. The van der Waals surface area contributed by atoms with Gasteiger partial charge in [0.15, 0.2) is 0 Å². The van der Waals surface area contributed by atoms with Gasteiger partial charge < -0.3 is 14.7 Å². The number of nitrogens with zero attached hydrogens (tertiary/aromatic N) is 3. The van der Waals surface area contributed by atoms with Gasteiger partial charge in [-0.2, -0.15) is 18.3 Å². The van der Waals surface area contributed by atoms with Gasteiger partial charge in [0, 0.05) is 21.2 Å². The molecule has 0 spiro atoms. The lowest BCUT2D eigenvalue weighted by molar-refractivity contribution is -0.139. The first-order chi connectivity index (χ1) is 12.5. The first-order valence-corrected chi connectivity index (χ1v) is 12.9. The lowest BCUT2D eigenvalue weighted by Crippen LogP contribution is -2.45. The molecular weight excluding hydrogens is 379 g/mol. The van der Waals surface area contributed by atoms with Crippen LogP contribution in [0.2, 0.25) is 25.7 Å². The predicted molar refractivity (Wildman–Crippen MR) is 99.7 cm³/mol. The summed E-state index contributed by atoms with van der Waals surface area (Å²) in [4.78, 5) is 13.9. The summed E-state index contributed by atoms with van der Waals surface area (Å²) < 4.78 is 47.1. The molecule has 154 valence electrons. The van der Waals surface area contributed by atoms with Crippen molar-refractivity contribution in [2.45, 2.75) is 63.9 Å². The van der Waals surface area contributed by atoms with Crippen molar-refractivity contribution in [1.29, 1.82) is 0 Å². The number of piperidine rings is 1. The lowest BCUT2D eigenvalue weighted by Gasteiger charge is -2.37. The van der Waals surface area contributed by atoms with Crippen molar-refractivity contribution in [3.63, 3.8) is 0 Å². The molecule has 1 unspecified atom stereocenters. The van der Waals surface area contributed by atoms with E-state index in [1.54, 1.807) is 0 Å². The fraction of sp³-hybridized carbons (Fsp3) is 0.765. The van der Waals surface area contributed by atoms with Crippen molar-refractivity contribution in [2.75, 3.05) is 24.7 Å². The average Bonchev–Trinajstić information content (AvgIpc) is 2.57. The molecule has 1 fully saturated rings. The quantitative estimate of drug-likeness (QED) is 0.556. The zero-order valence-corrected chi connectivity index (χ0v) is 17.1. The normalized spacial score (nSPS) is 18.8. The molecule has 10 heteroatoms. The summed E-state index contributed by atoms with van der Waals surface area (Å²) in [6, 6.07) is 0.405. The SMILES string of the molecule is C[Si](C)(C)CCOCn1ncc(N2CCCCC2CO)c(C(F)(F)F)c1=O. The van der Waals surface area contributed by atoms with E-state index in [-0.39, 0.29) is 19.0 Å². The maximum atomic E-state index is 13.7. The number of hydrogen-bond acceptors (Lipinski definition) is 5. The van der Waals surface area contributed by atoms with Crippen LogP contribution in [-0.2, 0) is 17.6 Å². The molecule has 27 heavy (non-hydrogen) atoms. The maximum Gasteiger partial charge on any atom is 0.423 e. The Hall–Kier alpha value is -1.39. The Morgan fingerprint density at radius 1 is 1.33 bits per heavy atom. The molecule has 1 aromatic heterocycles. The molecule has 1 atom stereocenters. The Kier molecular flexibility index (Phi) is 7.09. The van der Waals surface area contributed by atoms with E-state index >= 15 is 0 Å². The minimum Gasteiger partial charge on any atom is -0.394 e. The van der Waals surface area contributed by atoms with E-state index in [0.717, 1.165) is 18.7 Å². The van der Waals surface area contributed by atoms with E-state index in [4.69, 9.17) is 4.74 Å². The number of aromatic nitrogens is 2. The van der Waals surface area contributed by atoms with E-state index in [1.165, 1.54) is 4.90 Å². The van der Waals surface area contributed by atoms with Crippen LogP contribution in [0.4, 0.5) is 18.9 Å². The molecule has 6 nitrogen and oxygen atoms in total. The molecule has 2 rings (SSSR count). The van der Waals surface area contributed by atoms with Crippen LogP contribution in [-0.4, -0.2) is 48.8 Å². The first kappa shape index (κ1) is 21.9. The number of hydrogen-bond donors (Lipinski definition) is 1. The van der Waals surface area contributed by atoms with Gasteiger partial charge in [-0.05, 0) is 25.3 Å². The third-order valence-corrected chi connectivity index (χ3v) is 6.37. The number of alkyl halides is 3. The van der Waals surface area contributed by atoms with Crippen molar-refractivity contribution in [1.82, 2.24) is 9.78 Å². The molecule has 1 aliphatic rings. The second-order valence-electron chi connectivity index (χ2n) is 8.08. The van der Waals surface area contributed by atoms with Crippen LogP contribution < -0.4 is 10.5 Å². The molecule has 1 saturated heterocycles. The zero-order chi connectivity index (χ0) is 20.2. The molecule has 1 N–H and O–H groups in total. The van der Waals surface area contributed by atoms with Crippen molar-refractivity contribution in [3.05, 3.63) is 22.1 Å². The van der Waals surface area contributed by atoms with Gasteiger partial charge in [0.25, 0.3) is 5.56 Å². The van der Waals surface area contributed by atoms with Crippen LogP contribution in [0.1, 0.15) is 24.8 Å². The number of rotatable bonds is 7. The largest absolute Gasteiger partial charge is 0.423 e. The van der Waals surface area contributed by atoms with Crippen LogP contribution in [0.15, 0.2) is 11.0 Å². The number of aliphatic hydroxyl groups is 1. The minimum absolute atomic E-state index is 0.260. The molecule has 0 aromatic carbocycles. The highest BCUT2D eigenvalue weighted by atomic mass is 28.3. The van der Waals surface area contributed by atoms with E-state index in [9.17, 15) is 23.1 Å². The molecule has 1 aromatic rings. The summed E-state index contributed by atoms with van der Waals surface area (Å²) in [5.74, 6) is 0. The van der Waals surface area contributed by atoms with Crippen LogP contribution in [0.5, 0.6) is 0 Å². The van der Waals surface area contributed by atoms with Crippen LogP contribution in [0, 0.1) is 0 Å². The van der Waals surface area contributed by atoms with Crippen LogP contribution >= 0.6 is 0 Å². The molecule has 0 amide bonds. The molecule has 0 radical (unpaired) electrons. The summed E-state index contributed by atoms with van der Waals surface area (Å²) >= 11 is 0. The summed E-state index contributed by atoms with van der Waals surface area (Å²) in [5.41, 5.74) is -2.72. The van der Waals surface area contributed by atoms with Crippen LogP contribution in [0.25, 0.3) is 0 Å². The van der Waals surface area contributed by atoms with E-state index < -0.39 is 31.4 Å². The second kappa shape index (κ2) is 8.74. The number of halogens is 3. The van der Waals surface area contributed by atoms with Gasteiger partial charge in [-0.1, -0.05) is 19.6 Å². The van der Waals surface area contributed by atoms with Gasteiger partial charge in [-0.3, -0.25) is 4.79 Å². The highest BCUT2D eigenvalue weighted by Gasteiger charge is 2.41. The molecular formula is C17H28F3N3O3Si. The van der Waals surface area contributed by atoms with Crippen LogP contribution in [0.3, 0.4) is 0 Å². The summed E-state index contributed by atoms with van der Waals surface area (Å²) in [6.07, 6.45) is -1.63. The Morgan fingerprint density at radius 3 is 2.63 bits per heavy atom. The molecule has 1 aliphatic heterocycles. The third kappa shape index (κ3) is 5.79. The second-order valence-corrected chi connectivity index (χ2v) is 13.7. The van der Waals surface area contributed by atoms with Gasteiger partial charge in [0.05, 0.1) is 24.5 Å². The Labute approximate surface area is 157 Å². The average molecular weight is 408 g/mol. The maximum absolute atomic E-state index is 13.7. The van der Waals surface area contributed by atoms with Gasteiger partial charge >= 0.3 is 6.18 Å². The fourth-order valence-corrected chi connectivity index (χ4v) is 3.85. The fourth-order valence-electron chi connectivity index (χ4n) is 3.09. The minimum atomic E-state index is -4.81. The Balaban J connectivity index is 2.29. The predicted octanol–water partition coefficient (Wildman–Crippen LogP) is 2.93. The highest BCUT2D eigenvalue weighted by molar-refractivity contribution is 6.76. The van der Waals surface area contributed by atoms with E-state index in [2.05, 4.69) is 24.7 Å². The number of ether oxygens (including phenoxy) is 1. The molecule has 0 aliphatic carbocycles. The molecule has 0 saturated carbocycles. The van der Waals surface area contributed by atoms with E-state index in [0.29, 0.717) is 30.7 Å². The number of anilines is 1. The van der Waals surface area contributed by atoms with Gasteiger partial charge in [0.1, 0.15) is 12.3 Å². The highest BCUT2D eigenvalue weighted by Crippen LogP contribution is 2.36. The molecule has 2 heterocycles. The zero-order valence-electron chi connectivity index (χ0n) is 16.1. The topological polar surface area (TPSA) is 67.6 Å². The van der Waals surface area contributed by atoms with E-state index in [1.807, 2.05) is 0 Å². The smallest absolute Gasteiger partial charge is 0.394 e. The molecule has 0 bridgehead atoms. The third-order valence-electron chi connectivity index (χ3n) is 4.66. The summed E-state index contributed by atoms with van der Waals surface area (Å²) in [5, 5.41) is 13.4. The van der Waals surface area contributed by atoms with Gasteiger partial charge in [-0.25, -0.2) is 4.68 Å².